The summed E-state index contributed by atoms with van der Waals surface area (Å²) in [6.45, 7) is 0.508. The maximum absolute atomic E-state index is 12.1. The number of fused-ring (bicyclic) bond motifs is 1. The average molecular weight is 319 g/mol. The monoisotopic (exact) mass is 319 g/mol. The highest BCUT2D eigenvalue weighted by molar-refractivity contribution is 7.88. The van der Waals surface area contributed by atoms with E-state index in [9.17, 15) is 8.42 Å². The molecule has 22 heavy (non-hydrogen) atoms. The second-order valence-corrected chi connectivity index (χ2v) is 6.90. The zero-order valence-corrected chi connectivity index (χ0v) is 12.8. The van der Waals surface area contributed by atoms with Crippen LogP contribution in [0.4, 0.5) is 0 Å². The Morgan fingerprint density at radius 3 is 2.45 bits per heavy atom. The fraction of sp³-hybridized carbons (Fsp3) is 0.250. The van der Waals surface area contributed by atoms with Crippen LogP contribution in [0.2, 0.25) is 0 Å². The smallest absolute Gasteiger partial charge is 0.215 e. The van der Waals surface area contributed by atoms with Crippen LogP contribution in [0.5, 0.6) is 11.5 Å². The Labute approximate surface area is 129 Å². The molecule has 0 fully saturated rings. The highest BCUT2D eigenvalue weighted by Crippen LogP contribution is 2.30. The van der Waals surface area contributed by atoms with Crippen molar-refractivity contribution in [3.63, 3.8) is 0 Å². The molecule has 0 aliphatic carbocycles. The van der Waals surface area contributed by atoms with Gasteiger partial charge in [0.25, 0.3) is 0 Å². The molecule has 1 N–H and O–H groups in total. The summed E-state index contributed by atoms with van der Waals surface area (Å²) in [6.07, 6.45) is -0.333. The van der Waals surface area contributed by atoms with Crippen LogP contribution in [0.15, 0.2) is 54.6 Å². The van der Waals surface area contributed by atoms with E-state index in [0.717, 1.165) is 5.56 Å². The predicted molar refractivity (Wildman–Crippen MR) is 83.4 cm³/mol. The van der Waals surface area contributed by atoms with Crippen LogP contribution in [0.3, 0.4) is 0 Å². The van der Waals surface area contributed by atoms with Crippen LogP contribution in [0.1, 0.15) is 5.56 Å². The zero-order chi connectivity index (χ0) is 15.4. The van der Waals surface area contributed by atoms with Gasteiger partial charge in [0.05, 0.1) is 12.3 Å². The number of para-hydroxylation sites is 2. The molecule has 2 aromatic carbocycles. The first-order valence-electron chi connectivity index (χ1n) is 7.02. The Morgan fingerprint density at radius 2 is 1.68 bits per heavy atom. The Kier molecular flexibility index (Phi) is 4.31. The lowest BCUT2D eigenvalue weighted by molar-refractivity contribution is 0.0943. The van der Waals surface area contributed by atoms with Crippen LogP contribution < -0.4 is 14.2 Å². The minimum absolute atomic E-state index is 0.0436. The summed E-state index contributed by atoms with van der Waals surface area (Å²) in [5, 5.41) is 0. The molecule has 6 heteroatoms. The van der Waals surface area contributed by atoms with Crippen molar-refractivity contribution in [2.45, 2.75) is 11.9 Å². The number of benzene rings is 2. The maximum atomic E-state index is 12.1. The third-order valence-corrected chi connectivity index (χ3v) is 4.62. The second-order valence-electron chi connectivity index (χ2n) is 5.09. The molecular formula is C16H17NO4S. The lowest BCUT2D eigenvalue weighted by Gasteiger charge is -2.26. The highest BCUT2D eigenvalue weighted by atomic mass is 32.2. The summed E-state index contributed by atoms with van der Waals surface area (Å²) in [7, 11) is -3.40. The van der Waals surface area contributed by atoms with Crippen molar-refractivity contribution >= 4 is 10.0 Å². The van der Waals surface area contributed by atoms with Crippen molar-refractivity contribution in [3.05, 3.63) is 60.2 Å². The van der Waals surface area contributed by atoms with E-state index in [-0.39, 0.29) is 18.4 Å². The second kappa shape index (κ2) is 6.37. The van der Waals surface area contributed by atoms with Gasteiger partial charge >= 0.3 is 0 Å². The van der Waals surface area contributed by atoms with E-state index in [2.05, 4.69) is 4.72 Å². The Bertz CT molecular complexity index is 731. The van der Waals surface area contributed by atoms with Crippen LogP contribution in [-0.4, -0.2) is 27.7 Å². The zero-order valence-electron chi connectivity index (χ0n) is 11.9. The van der Waals surface area contributed by atoms with E-state index in [1.807, 2.05) is 36.4 Å². The van der Waals surface area contributed by atoms with Crippen molar-refractivity contribution in [2.75, 3.05) is 13.2 Å². The van der Waals surface area contributed by atoms with Gasteiger partial charge in [0, 0.05) is 0 Å². The summed E-state index contributed by atoms with van der Waals surface area (Å²) in [5.74, 6) is 1.28. The van der Waals surface area contributed by atoms with Crippen LogP contribution in [0, 0.1) is 0 Å². The first-order chi connectivity index (χ1) is 10.6. The normalized spacial score (nSPS) is 17.2. The van der Waals surface area contributed by atoms with Gasteiger partial charge in [-0.1, -0.05) is 42.5 Å². The SMILES string of the molecule is O=S(=O)(Cc1ccccc1)NCC1COc2ccccc2O1. The van der Waals surface area contributed by atoms with Crippen molar-refractivity contribution in [1.82, 2.24) is 4.72 Å². The molecule has 0 bridgehead atoms. The molecule has 0 aromatic heterocycles. The average Bonchev–Trinajstić information content (AvgIpc) is 2.53. The maximum Gasteiger partial charge on any atom is 0.215 e. The molecule has 0 saturated heterocycles. The molecule has 116 valence electrons. The van der Waals surface area contributed by atoms with Crippen LogP contribution in [0.25, 0.3) is 0 Å². The van der Waals surface area contributed by atoms with Gasteiger partial charge in [0.1, 0.15) is 12.7 Å². The van der Waals surface area contributed by atoms with Gasteiger partial charge in [-0.15, -0.1) is 0 Å². The standard InChI is InChI=1S/C16H17NO4S/c18-22(19,12-13-6-2-1-3-7-13)17-10-14-11-20-15-8-4-5-9-16(15)21-14/h1-9,14,17H,10-12H2. The number of nitrogens with one attached hydrogen (secondary N) is 1. The lowest BCUT2D eigenvalue weighted by atomic mass is 10.2. The Morgan fingerprint density at radius 1 is 1.00 bits per heavy atom. The fourth-order valence-electron chi connectivity index (χ4n) is 2.23. The first-order valence-corrected chi connectivity index (χ1v) is 8.67. The molecule has 0 spiro atoms. The van der Waals surface area contributed by atoms with Crippen molar-refractivity contribution in [3.8, 4) is 11.5 Å². The third-order valence-electron chi connectivity index (χ3n) is 3.30. The quantitative estimate of drug-likeness (QED) is 0.915. The molecule has 1 heterocycles. The first kappa shape index (κ1) is 14.9. The molecule has 2 aromatic rings. The molecule has 1 aliphatic heterocycles. The van der Waals surface area contributed by atoms with Gasteiger partial charge in [-0.3, -0.25) is 0 Å². The van der Waals surface area contributed by atoms with E-state index in [1.165, 1.54) is 0 Å². The van der Waals surface area contributed by atoms with Crippen LogP contribution >= 0.6 is 0 Å². The molecule has 0 amide bonds. The number of hydrogen-bond acceptors (Lipinski definition) is 4. The van der Waals surface area contributed by atoms with Gasteiger partial charge in [0.2, 0.25) is 10.0 Å². The number of hydrogen-bond donors (Lipinski definition) is 1. The summed E-state index contributed by atoms with van der Waals surface area (Å²) in [5.41, 5.74) is 0.751. The van der Waals surface area contributed by atoms with E-state index < -0.39 is 10.0 Å². The summed E-state index contributed by atoms with van der Waals surface area (Å²) in [6, 6.07) is 16.4. The van der Waals surface area contributed by atoms with E-state index >= 15 is 0 Å². The molecule has 1 atom stereocenters. The predicted octanol–water partition coefficient (Wildman–Crippen LogP) is 1.95. The molecular weight excluding hydrogens is 302 g/mol. The van der Waals surface area contributed by atoms with E-state index in [1.54, 1.807) is 18.2 Å². The van der Waals surface area contributed by atoms with Gasteiger partial charge in [-0.25, -0.2) is 13.1 Å². The number of sulfonamides is 1. The summed E-state index contributed by atoms with van der Waals surface area (Å²) >= 11 is 0. The van der Waals surface area contributed by atoms with E-state index in [0.29, 0.717) is 18.1 Å². The van der Waals surface area contributed by atoms with Crippen molar-refractivity contribution < 1.29 is 17.9 Å². The molecule has 5 nitrogen and oxygen atoms in total. The highest BCUT2D eigenvalue weighted by Gasteiger charge is 2.22. The number of rotatable bonds is 5. The van der Waals surface area contributed by atoms with Crippen molar-refractivity contribution in [1.29, 1.82) is 0 Å². The van der Waals surface area contributed by atoms with Gasteiger partial charge in [-0.05, 0) is 17.7 Å². The summed E-state index contributed by atoms with van der Waals surface area (Å²) < 4.78 is 38.0. The van der Waals surface area contributed by atoms with Crippen LogP contribution in [-0.2, 0) is 15.8 Å². The third kappa shape index (κ3) is 3.78. The molecule has 3 rings (SSSR count). The molecule has 1 unspecified atom stereocenters. The molecule has 1 aliphatic rings. The topological polar surface area (TPSA) is 64.6 Å². The van der Waals surface area contributed by atoms with Gasteiger partial charge in [0.15, 0.2) is 11.5 Å². The minimum atomic E-state index is -3.40. The molecule has 0 radical (unpaired) electrons. The van der Waals surface area contributed by atoms with Crippen molar-refractivity contribution in [2.24, 2.45) is 0 Å². The molecule has 0 saturated carbocycles. The Balaban J connectivity index is 1.57. The number of ether oxygens (including phenoxy) is 2. The minimum Gasteiger partial charge on any atom is -0.486 e. The summed E-state index contributed by atoms with van der Waals surface area (Å²) in [4.78, 5) is 0. The Hall–Kier alpha value is -2.05. The lowest BCUT2D eigenvalue weighted by Crippen LogP contribution is -2.41. The van der Waals surface area contributed by atoms with Gasteiger partial charge < -0.3 is 9.47 Å². The fourth-order valence-corrected chi connectivity index (χ4v) is 3.40. The van der Waals surface area contributed by atoms with Gasteiger partial charge in [-0.2, -0.15) is 0 Å². The van der Waals surface area contributed by atoms with E-state index in [4.69, 9.17) is 9.47 Å². The largest absolute Gasteiger partial charge is 0.486 e.